The number of carbonyl (C=O) groups excluding carboxylic acids is 2. The summed E-state index contributed by atoms with van der Waals surface area (Å²) in [5.41, 5.74) is 2.12. The van der Waals surface area contributed by atoms with Crippen molar-refractivity contribution < 1.29 is 38.0 Å². The lowest BCUT2D eigenvalue weighted by molar-refractivity contribution is -0.911. The molecule has 2 aromatic carbocycles. The second-order valence-corrected chi connectivity index (χ2v) is 8.28. The number of nitrogens with one attached hydrogen (secondary N) is 1. The Balaban J connectivity index is 0.00000420. The van der Waals surface area contributed by atoms with Gasteiger partial charge in [0.1, 0.15) is 0 Å². The summed E-state index contributed by atoms with van der Waals surface area (Å²) in [7, 11) is 4.43. The zero-order valence-electron chi connectivity index (χ0n) is 18.1. The van der Waals surface area contributed by atoms with Crippen LogP contribution in [-0.4, -0.2) is 49.4 Å². The molecule has 1 atom stereocenters. The predicted octanol–water partition coefficient (Wildman–Crippen LogP) is 1.02. The van der Waals surface area contributed by atoms with E-state index < -0.39 is 0 Å². The molecule has 0 aliphatic rings. The minimum Gasteiger partial charge on any atom is -1.00 e. The molecule has 0 unspecified atom stereocenters. The summed E-state index contributed by atoms with van der Waals surface area (Å²) in [4.78, 5) is 25.2. The average molecular weight is 508 g/mol. The number of benzene rings is 2. The number of nitrogens with zero attached hydrogens (tertiary/aromatic N) is 1. The molecule has 0 saturated carbocycles. The number of hydrogen-bond donors (Lipinski definition) is 1. The minimum absolute atomic E-state index is 0. The van der Waals surface area contributed by atoms with Gasteiger partial charge in [0.15, 0.2) is 5.78 Å². The number of rotatable bonds is 9. The highest BCUT2D eigenvalue weighted by molar-refractivity contribution is 6.09. The van der Waals surface area contributed by atoms with Gasteiger partial charge in [-0.05, 0) is 32.4 Å². The van der Waals surface area contributed by atoms with Gasteiger partial charge in [-0.3, -0.25) is 9.59 Å². The Kier molecular flexibility index (Phi) is 10.00. The minimum atomic E-state index is -0.295. The zero-order valence-corrected chi connectivity index (χ0v) is 20.3. The van der Waals surface area contributed by atoms with Crippen molar-refractivity contribution in [3.05, 3.63) is 71.3 Å². The van der Waals surface area contributed by atoms with Crippen LogP contribution in [0.25, 0.3) is 0 Å². The van der Waals surface area contributed by atoms with Crippen LogP contribution in [0.2, 0.25) is 0 Å². The number of halogens is 1. The smallest absolute Gasteiger partial charge is 0.227 e. The lowest BCUT2D eigenvalue weighted by Crippen LogP contribution is -3.00. The summed E-state index contributed by atoms with van der Waals surface area (Å²) in [6, 6.07) is 17.2. The molecule has 0 fully saturated rings. The molecular weight excluding hydrogens is 475 g/mol. The van der Waals surface area contributed by atoms with Gasteiger partial charge >= 0.3 is 0 Å². The summed E-state index contributed by atoms with van der Waals surface area (Å²) in [6.07, 6.45) is 0.941. The lowest BCUT2D eigenvalue weighted by Gasteiger charge is -2.34. The summed E-state index contributed by atoms with van der Waals surface area (Å²) < 4.78 is 0.940. The molecule has 0 aliphatic heterocycles. The van der Waals surface area contributed by atoms with E-state index in [2.05, 4.69) is 33.3 Å². The molecule has 1 N–H and O–H groups in total. The molecule has 0 radical (unpaired) electrons. The zero-order chi connectivity index (χ0) is 20.7. The first-order valence-electron chi connectivity index (χ1n) is 10.0. The number of hydrogen-bond acceptors (Lipinski definition) is 2. The van der Waals surface area contributed by atoms with Gasteiger partial charge in [-0.15, -0.1) is 0 Å². The van der Waals surface area contributed by atoms with Gasteiger partial charge in [0.05, 0.1) is 32.6 Å². The number of ketones is 1. The van der Waals surface area contributed by atoms with Crippen LogP contribution in [0, 0.1) is 0 Å². The first-order chi connectivity index (χ1) is 13.2. The van der Waals surface area contributed by atoms with E-state index in [-0.39, 0.29) is 41.6 Å². The van der Waals surface area contributed by atoms with Gasteiger partial charge in [0, 0.05) is 24.1 Å². The normalized spacial score (nSPS) is 12.2. The maximum absolute atomic E-state index is 12.6. The third-order valence-corrected chi connectivity index (χ3v) is 5.69. The summed E-state index contributed by atoms with van der Waals surface area (Å²) in [5, 5.41) is 3.04. The molecule has 0 bridgehead atoms. The molecular formula is C24H33IN2O2. The number of carbonyl (C=O) groups is 2. The van der Waals surface area contributed by atoms with Crippen molar-refractivity contribution in [2.24, 2.45) is 0 Å². The summed E-state index contributed by atoms with van der Waals surface area (Å²) >= 11 is 0. The van der Waals surface area contributed by atoms with E-state index in [1.54, 1.807) is 6.07 Å². The van der Waals surface area contributed by atoms with Gasteiger partial charge in [-0.1, -0.05) is 48.5 Å². The summed E-state index contributed by atoms with van der Waals surface area (Å²) in [5.74, 6) is -0.320. The van der Waals surface area contributed by atoms with Gasteiger partial charge in [-0.25, -0.2) is 0 Å². The van der Waals surface area contributed by atoms with E-state index in [1.165, 1.54) is 0 Å². The number of amides is 1. The predicted molar refractivity (Wildman–Crippen MR) is 114 cm³/mol. The van der Waals surface area contributed by atoms with Crippen LogP contribution in [0.4, 0.5) is 0 Å². The van der Waals surface area contributed by atoms with Crippen LogP contribution in [0.5, 0.6) is 0 Å². The Hall–Kier alpha value is -1.73. The fraction of sp³-hybridized carbons (Fsp3) is 0.417. The van der Waals surface area contributed by atoms with Crippen LogP contribution in [0.15, 0.2) is 54.6 Å². The first kappa shape index (κ1) is 25.3. The lowest BCUT2D eigenvalue weighted by atomic mass is 9.95. The third kappa shape index (κ3) is 7.23. The monoisotopic (exact) mass is 508 g/mol. The Morgan fingerprint density at radius 2 is 1.55 bits per heavy atom. The first-order valence-corrected chi connectivity index (χ1v) is 10.0. The van der Waals surface area contributed by atoms with Crippen LogP contribution in [0.3, 0.4) is 0 Å². The van der Waals surface area contributed by atoms with E-state index in [4.69, 9.17) is 0 Å². The van der Waals surface area contributed by atoms with Crippen molar-refractivity contribution in [1.82, 2.24) is 5.32 Å². The SMILES string of the molecule is CC(C)[N+](C)(C)CCCNC(=O)[C@H](C)c1cccc(C(=O)c2ccccc2)c1.[I-]. The molecule has 0 aliphatic carbocycles. The Bertz CT molecular complexity index is 804. The molecule has 0 saturated heterocycles. The van der Waals surface area contributed by atoms with Crippen LogP contribution >= 0.6 is 0 Å². The molecule has 0 spiro atoms. The molecule has 0 aromatic heterocycles. The quantitative estimate of drug-likeness (QED) is 0.238. The Labute approximate surface area is 192 Å². The second kappa shape index (κ2) is 11.5. The van der Waals surface area contributed by atoms with Crippen LogP contribution < -0.4 is 29.3 Å². The van der Waals surface area contributed by atoms with Crippen molar-refractivity contribution in [2.75, 3.05) is 27.2 Å². The standard InChI is InChI=1S/C24H32N2O2.HI/c1-18(2)26(4,5)16-10-15-25-24(28)19(3)21-13-9-14-22(17-21)23(27)20-11-7-6-8-12-20;/h6-9,11-14,17-19H,10,15-16H2,1-5H3;1H/t19-;/m1./s1. The topological polar surface area (TPSA) is 46.2 Å². The van der Waals surface area contributed by atoms with Crippen LogP contribution in [-0.2, 0) is 4.79 Å². The van der Waals surface area contributed by atoms with E-state index in [1.807, 2.05) is 55.5 Å². The highest BCUT2D eigenvalue weighted by Crippen LogP contribution is 2.19. The maximum atomic E-state index is 12.6. The van der Waals surface area contributed by atoms with Gasteiger partial charge < -0.3 is 33.8 Å². The second-order valence-electron chi connectivity index (χ2n) is 8.28. The van der Waals surface area contributed by atoms with Crippen LogP contribution in [0.1, 0.15) is 54.6 Å². The molecule has 2 aromatic rings. The van der Waals surface area contributed by atoms with Gasteiger partial charge in [-0.2, -0.15) is 0 Å². The molecule has 158 valence electrons. The summed E-state index contributed by atoms with van der Waals surface area (Å²) in [6.45, 7) is 8.00. The maximum Gasteiger partial charge on any atom is 0.227 e. The van der Waals surface area contributed by atoms with Gasteiger partial charge in [0.2, 0.25) is 5.91 Å². The molecule has 1 amide bonds. The van der Waals surface area contributed by atoms with Crippen molar-refractivity contribution in [1.29, 1.82) is 0 Å². The number of quaternary nitrogens is 1. The van der Waals surface area contributed by atoms with Crippen molar-refractivity contribution in [2.45, 2.75) is 39.2 Å². The Morgan fingerprint density at radius 3 is 2.17 bits per heavy atom. The van der Waals surface area contributed by atoms with E-state index >= 15 is 0 Å². The van der Waals surface area contributed by atoms with Crippen molar-refractivity contribution in [3.63, 3.8) is 0 Å². The molecule has 5 heteroatoms. The Morgan fingerprint density at radius 1 is 0.931 bits per heavy atom. The molecule has 0 heterocycles. The fourth-order valence-corrected chi connectivity index (χ4v) is 2.97. The van der Waals surface area contributed by atoms with E-state index in [9.17, 15) is 9.59 Å². The molecule has 4 nitrogen and oxygen atoms in total. The molecule has 2 rings (SSSR count). The van der Waals surface area contributed by atoms with Crippen molar-refractivity contribution in [3.8, 4) is 0 Å². The average Bonchev–Trinajstić information content (AvgIpc) is 2.70. The fourth-order valence-electron chi connectivity index (χ4n) is 2.97. The van der Waals surface area contributed by atoms with Crippen molar-refractivity contribution >= 4 is 11.7 Å². The van der Waals surface area contributed by atoms with Gasteiger partial charge in [0.25, 0.3) is 0 Å². The highest BCUT2D eigenvalue weighted by Gasteiger charge is 2.20. The highest BCUT2D eigenvalue weighted by atomic mass is 127. The van der Waals surface area contributed by atoms with E-state index in [0.717, 1.165) is 23.0 Å². The molecule has 29 heavy (non-hydrogen) atoms. The largest absolute Gasteiger partial charge is 1.00 e. The third-order valence-electron chi connectivity index (χ3n) is 5.69. The van der Waals surface area contributed by atoms with E-state index in [0.29, 0.717) is 23.7 Å².